The Morgan fingerprint density at radius 3 is 2.48 bits per heavy atom. The fourth-order valence-corrected chi connectivity index (χ4v) is 3.21. The van der Waals surface area contributed by atoms with E-state index in [9.17, 15) is 13.2 Å². The van der Waals surface area contributed by atoms with Crippen LogP contribution < -0.4 is 4.90 Å². The van der Waals surface area contributed by atoms with Crippen molar-refractivity contribution in [3.05, 3.63) is 40.0 Å². The first-order valence-electron chi connectivity index (χ1n) is 7.34. The Labute approximate surface area is 136 Å². The molecule has 0 aliphatic carbocycles. The quantitative estimate of drug-likeness (QED) is 0.858. The lowest BCUT2D eigenvalue weighted by Gasteiger charge is -2.35. The number of halogens is 3. The molecule has 0 amide bonds. The third-order valence-corrected chi connectivity index (χ3v) is 4.60. The molecule has 3 rings (SSSR count). The van der Waals surface area contributed by atoms with Crippen LogP contribution in [0.25, 0.3) is 0 Å². The van der Waals surface area contributed by atoms with Crippen molar-refractivity contribution in [3.63, 3.8) is 0 Å². The molecule has 0 unspecified atom stereocenters. The summed E-state index contributed by atoms with van der Waals surface area (Å²) < 4.78 is 38.2. The second-order valence-corrected chi connectivity index (χ2v) is 6.56. The van der Waals surface area contributed by atoms with Gasteiger partial charge in [-0.3, -0.25) is 4.90 Å². The molecule has 4 nitrogen and oxygen atoms in total. The lowest BCUT2D eigenvalue weighted by molar-refractivity contribution is -0.141. The first-order chi connectivity index (χ1) is 10.9. The summed E-state index contributed by atoms with van der Waals surface area (Å²) in [5.41, 5.74) is 0.216. The number of nitrogens with zero attached hydrogens (tertiary/aromatic N) is 4. The first-order valence-corrected chi connectivity index (χ1v) is 8.22. The average molecular weight is 342 g/mol. The molecule has 0 radical (unpaired) electrons. The topological polar surface area (TPSA) is 32.3 Å². The Morgan fingerprint density at radius 2 is 1.87 bits per heavy atom. The van der Waals surface area contributed by atoms with E-state index in [-0.39, 0.29) is 0 Å². The summed E-state index contributed by atoms with van der Waals surface area (Å²) in [6.07, 6.45) is -4.40. The van der Waals surface area contributed by atoms with Crippen molar-refractivity contribution in [2.24, 2.45) is 0 Å². The monoisotopic (exact) mass is 342 g/mol. The van der Waals surface area contributed by atoms with Crippen LogP contribution in [0, 0.1) is 6.92 Å². The Morgan fingerprint density at radius 1 is 1.13 bits per heavy atom. The van der Waals surface area contributed by atoms with Gasteiger partial charge in [-0.05, 0) is 19.1 Å². The van der Waals surface area contributed by atoms with E-state index in [0.717, 1.165) is 36.4 Å². The highest BCUT2D eigenvalue weighted by atomic mass is 32.1. The van der Waals surface area contributed by atoms with Crippen molar-refractivity contribution >= 4 is 17.2 Å². The van der Waals surface area contributed by atoms with Gasteiger partial charge < -0.3 is 4.90 Å². The predicted octanol–water partition coefficient (Wildman–Crippen LogP) is 3.19. The van der Waals surface area contributed by atoms with Crippen molar-refractivity contribution in [1.29, 1.82) is 0 Å². The number of piperazine rings is 1. The number of hydrogen-bond acceptors (Lipinski definition) is 5. The summed E-state index contributed by atoms with van der Waals surface area (Å²) in [4.78, 5) is 12.4. The second kappa shape index (κ2) is 6.45. The molecule has 124 valence electrons. The fourth-order valence-electron chi connectivity index (χ4n) is 2.60. The standard InChI is InChI=1S/C15H17F3N4S/c1-11-19-12(10-23-11)9-21-5-7-22(8-6-21)14-4-2-3-13(20-14)15(16,17)18/h2-4,10H,5-9H2,1H3. The van der Waals surface area contributed by atoms with Crippen molar-refractivity contribution in [2.75, 3.05) is 31.1 Å². The lowest BCUT2D eigenvalue weighted by atomic mass is 10.2. The largest absolute Gasteiger partial charge is 0.433 e. The van der Waals surface area contributed by atoms with Crippen molar-refractivity contribution < 1.29 is 13.2 Å². The Bertz CT molecular complexity index is 663. The maximum atomic E-state index is 12.7. The van der Waals surface area contributed by atoms with Gasteiger partial charge in [0.15, 0.2) is 0 Å². The normalized spacial score (nSPS) is 16.8. The minimum absolute atomic E-state index is 0.393. The van der Waals surface area contributed by atoms with Gasteiger partial charge in [-0.1, -0.05) is 6.07 Å². The van der Waals surface area contributed by atoms with Crippen LogP contribution in [0.3, 0.4) is 0 Å². The molecule has 23 heavy (non-hydrogen) atoms. The number of thiazole rings is 1. The third kappa shape index (κ3) is 4.00. The molecule has 0 atom stereocenters. The SMILES string of the molecule is Cc1nc(CN2CCN(c3cccc(C(F)(F)F)n3)CC2)cs1. The zero-order valence-corrected chi connectivity index (χ0v) is 13.5. The van der Waals surface area contributed by atoms with Gasteiger partial charge in [0.25, 0.3) is 0 Å². The van der Waals surface area contributed by atoms with E-state index in [2.05, 4.69) is 20.2 Å². The van der Waals surface area contributed by atoms with Gasteiger partial charge in [0.2, 0.25) is 0 Å². The van der Waals surface area contributed by atoms with E-state index in [1.807, 2.05) is 11.8 Å². The van der Waals surface area contributed by atoms with Crippen LogP contribution >= 0.6 is 11.3 Å². The van der Waals surface area contributed by atoms with Crippen molar-refractivity contribution in [2.45, 2.75) is 19.6 Å². The van der Waals surface area contributed by atoms with Crippen LogP contribution in [0.2, 0.25) is 0 Å². The minimum Gasteiger partial charge on any atom is -0.354 e. The molecule has 0 spiro atoms. The number of aryl methyl sites for hydroxylation is 1. The van der Waals surface area contributed by atoms with Gasteiger partial charge in [-0.15, -0.1) is 11.3 Å². The summed E-state index contributed by atoms with van der Waals surface area (Å²) >= 11 is 1.63. The second-order valence-electron chi connectivity index (χ2n) is 5.50. The lowest BCUT2D eigenvalue weighted by Crippen LogP contribution is -2.46. The van der Waals surface area contributed by atoms with E-state index in [1.165, 1.54) is 6.07 Å². The molecule has 0 aromatic carbocycles. The predicted molar refractivity (Wildman–Crippen MR) is 83.6 cm³/mol. The van der Waals surface area contributed by atoms with Crippen LogP contribution in [0.1, 0.15) is 16.4 Å². The van der Waals surface area contributed by atoms with E-state index in [0.29, 0.717) is 18.9 Å². The van der Waals surface area contributed by atoms with Gasteiger partial charge in [0.1, 0.15) is 11.5 Å². The van der Waals surface area contributed by atoms with Crippen LogP contribution in [0.4, 0.5) is 19.0 Å². The maximum absolute atomic E-state index is 12.7. The van der Waals surface area contributed by atoms with Gasteiger partial charge in [-0.25, -0.2) is 9.97 Å². The number of alkyl halides is 3. The molecule has 1 fully saturated rings. The van der Waals surface area contributed by atoms with E-state index >= 15 is 0 Å². The fraction of sp³-hybridized carbons (Fsp3) is 0.467. The van der Waals surface area contributed by atoms with E-state index in [1.54, 1.807) is 17.4 Å². The number of rotatable bonds is 3. The van der Waals surface area contributed by atoms with Crippen LogP contribution in [0.15, 0.2) is 23.6 Å². The Balaban J connectivity index is 1.60. The molecule has 0 N–H and O–H groups in total. The summed E-state index contributed by atoms with van der Waals surface area (Å²) in [6.45, 7) is 5.66. The van der Waals surface area contributed by atoms with Crippen LogP contribution in [0.5, 0.6) is 0 Å². The number of aromatic nitrogens is 2. The number of anilines is 1. The van der Waals surface area contributed by atoms with Crippen LogP contribution in [-0.2, 0) is 12.7 Å². The highest BCUT2D eigenvalue weighted by molar-refractivity contribution is 7.09. The maximum Gasteiger partial charge on any atom is 0.433 e. The average Bonchev–Trinajstić information content (AvgIpc) is 2.92. The van der Waals surface area contributed by atoms with Crippen LogP contribution in [-0.4, -0.2) is 41.0 Å². The van der Waals surface area contributed by atoms with Gasteiger partial charge in [0, 0.05) is 38.1 Å². The highest BCUT2D eigenvalue weighted by Crippen LogP contribution is 2.29. The molecule has 1 aliphatic rings. The zero-order valence-electron chi connectivity index (χ0n) is 12.7. The van der Waals surface area contributed by atoms with Crippen molar-refractivity contribution in [1.82, 2.24) is 14.9 Å². The molecule has 0 saturated carbocycles. The third-order valence-electron chi connectivity index (χ3n) is 3.77. The summed E-state index contributed by atoms with van der Waals surface area (Å²) in [6, 6.07) is 4.05. The zero-order chi connectivity index (χ0) is 16.4. The summed E-state index contributed by atoms with van der Waals surface area (Å²) in [7, 11) is 0. The molecule has 0 bridgehead atoms. The van der Waals surface area contributed by atoms with Crippen molar-refractivity contribution in [3.8, 4) is 0 Å². The summed E-state index contributed by atoms with van der Waals surface area (Å²) in [5.74, 6) is 0.393. The molecule has 2 aromatic heterocycles. The first kappa shape index (κ1) is 16.2. The minimum atomic E-state index is -4.40. The smallest absolute Gasteiger partial charge is 0.354 e. The number of pyridine rings is 1. The highest BCUT2D eigenvalue weighted by Gasteiger charge is 2.33. The van der Waals surface area contributed by atoms with Gasteiger partial charge in [0.05, 0.1) is 10.7 Å². The molecular weight excluding hydrogens is 325 g/mol. The molecule has 1 aliphatic heterocycles. The van der Waals surface area contributed by atoms with E-state index in [4.69, 9.17) is 0 Å². The van der Waals surface area contributed by atoms with Gasteiger partial charge >= 0.3 is 6.18 Å². The summed E-state index contributed by atoms with van der Waals surface area (Å²) in [5, 5.41) is 3.10. The number of hydrogen-bond donors (Lipinski definition) is 0. The Hall–Kier alpha value is -1.67. The molecule has 3 heterocycles. The molecular formula is C15H17F3N4S. The van der Waals surface area contributed by atoms with Gasteiger partial charge in [-0.2, -0.15) is 13.2 Å². The Kier molecular flexibility index (Phi) is 4.54. The molecule has 8 heteroatoms. The van der Waals surface area contributed by atoms with E-state index < -0.39 is 11.9 Å². The molecule has 1 saturated heterocycles. The molecule has 2 aromatic rings.